The quantitative estimate of drug-likeness (QED) is 0.709. The molecule has 0 N–H and O–H groups in total. The van der Waals surface area contributed by atoms with E-state index in [1.165, 1.54) is 18.1 Å². The number of hydrogen-bond acceptors (Lipinski definition) is 4. The summed E-state index contributed by atoms with van der Waals surface area (Å²) in [4.78, 5) is 16.1. The molecule has 0 atom stereocenters. The van der Waals surface area contributed by atoms with Gasteiger partial charge in [0.05, 0.1) is 4.90 Å². The first kappa shape index (κ1) is 23.0. The maximum absolute atomic E-state index is 13.2. The van der Waals surface area contributed by atoms with E-state index in [4.69, 9.17) is 0 Å². The molecule has 0 spiro atoms. The Balaban J connectivity index is 1.39. The van der Waals surface area contributed by atoms with Gasteiger partial charge in [-0.05, 0) is 46.7 Å². The molecule has 0 aliphatic carbocycles. The molecule has 2 aromatic carbocycles. The van der Waals surface area contributed by atoms with E-state index in [9.17, 15) is 13.2 Å². The van der Waals surface area contributed by atoms with Gasteiger partial charge < -0.3 is 4.90 Å². The van der Waals surface area contributed by atoms with Crippen LogP contribution in [0, 0.1) is 0 Å². The lowest BCUT2D eigenvalue weighted by Crippen LogP contribution is -2.48. The van der Waals surface area contributed by atoms with Crippen LogP contribution in [0.25, 0.3) is 0 Å². The van der Waals surface area contributed by atoms with Crippen molar-refractivity contribution in [2.45, 2.75) is 51.0 Å². The monoisotopic (exact) mass is 455 g/mol. The Hall–Kier alpha value is -2.22. The Kier molecular flexibility index (Phi) is 6.18. The van der Waals surface area contributed by atoms with Crippen LogP contribution in [-0.4, -0.2) is 56.3 Å². The van der Waals surface area contributed by atoms with Crippen molar-refractivity contribution in [2.75, 3.05) is 37.6 Å². The zero-order valence-corrected chi connectivity index (χ0v) is 20.3. The molecule has 1 saturated heterocycles. The van der Waals surface area contributed by atoms with Crippen LogP contribution < -0.4 is 4.90 Å². The Labute approximate surface area is 191 Å². The maximum atomic E-state index is 13.2. The number of amides is 1. The zero-order chi connectivity index (χ0) is 23.1. The second kappa shape index (κ2) is 8.61. The third-order valence-electron chi connectivity index (χ3n) is 6.52. The van der Waals surface area contributed by atoms with Crippen LogP contribution in [0.5, 0.6) is 0 Å². The lowest BCUT2D eigenvalue weighted by molar-refractivity contribution is -0.116. The minimum absolute atomic E-state index is 0.0106. The van der Waals surface area contributed by atoms with Gasteiger partial charge in [-0.15, -0.1) is 0 Å². The van der Waals surface area contributed by atoms with Gasteiger partial charge in [0.2, 0.25) is 15.9 Å². The number of piperazine rings is 1. The van der Waals surface area contributed by atoms with Crippen molar-refractivity contribution in [3.05, 3.63) is 59.2 Å². The van der Waals surface area contributed by atoms with Gasteiger partial charge in [0.1, 0.15) is 0 Å². The molecule has 2 heterocycles. The van der Waals surface area contributed by atoms with Gasteiger partial charge in [0.15, 0.2) is 0 Å². The maximum Gasteiger partial charge on any atom is 0.243 e. The minimum Gasteiger partial charge on any atom is -0.312 e. The number of carbonyl (C=O) groups is 1. The molecular formula is C25H33N3O3S. The number of sulfonamides is 1. The highest BCUT2D eigenvalue weighted by Gasteiger charge is 2.30. The molecule has 2 aromatic rings. The minimum atomic E-state index is -3.54. The van der Waals surface area contributed by atoms with Gasteiger partial charge in [0, 0.05) is 51.9 Å². The number of hydrogen-bond donors (Lipinski definition) is 0. The van der Waals surface area contributed by atoms with Crippen LogP contribution in [-0.2, 0) is 33.2 Å². The van der Waals surface area contributed by atoms with E-state index in [0.29, 0.717) is 44.0 Å². The first-order valence-corrected chi connectivity index (χ1v) is 12.7. The van der Waals surface area contributed by atoms with Crippen molar-refractivity contribution < 1.29 is 13.2 Å². The summed E-state index contributed by atoms with van der Waals surface area (Å²) >= 11 is 0. The highest BCUT2D eigenvalue weighted by atomic mass is 32.2. The Bertz CT molecular complexity index is 1100. The second-order valence-corrected chi connectivity index (χ2v) is 11.8. The highest BCUT2D eigenvalue weighted by molar-refractivity contribution is 7.89. The van der Waals surface area contributed by atoms with Crippen LogP contribution in [0.4, 0.5) is 5.69 Å². The van der Waals surface area contributed by atoms with E-state index >= 15 is 0 Å². The molecule has 0 bridgehead atoms. The smallest absolute Gasteiger partial charge is 0.243 e. The summed E-state index contributed by atoms with van der Waals surface area (Å²) in [6, 6.07) is 13.9. The summed E-state index contributed by atoms with van der Waals surface area (Å²) in [5.74, 6) is -0.0106. The van der Waals surface area contributed by atoms with E-state index in [0.717, 1.165) is 17.8 Å². The molecule has 0 unspecified atom stereocenters. The van der Waals surface area contributed by atoms with Gasteiger partial charge in [-0.3, -0.25) is 9.69 Å². The first-order chi connectivity index (χ1) is 15.1. The van der Waals surface area contributed by atoms with Gasteiger partial charge in [-0.1, -0.05) is 45.0 Å². The van der Waals surface area contributed by atoms with E-state index in [1.807, 2.05) is 0 Å². The lowest BCUT2D eigenvalue weighted by Gasteiger charge is -2.34. The standard InChI is InChI=1S/C25H33N3O3S/c1-19(29)28-12-11-21-17-23(9-10-24(21)28)32(30,31)27-15-13-26(14-16-27)18-20-5-7-22(8-6-20)25(2,3)4/h5-10,17H,11-16,18H2,1-4H3. The van der Waals surface area contributed by atoms with Crippen molar-refractivity contribution in [3.63, 3.8) is 0 Å². The normalized spacial score (nSPS) is 18.1. The molecule has 1 fully saturated rings. The molecule has 0 saturated carbocycles. The van der Waals surface area contributed by atoms with E-state index < -0.39 is 10.0 Å². The number of benzene rings is 2. The summed E-state index contributed by atoms with van der Waals surface area (Å²) in [5, 5.41) is 0. The van der Waals surface area contributed by atoms with Crippen molar-refractivity contribution in [1.29, 1.82) is 0 Å². The number of carbonyl (C=O) groups excluding carboxylic acids is 1. The molecule has 0 aromatic heterocycles. The summed E-state index contributed by atoms with van der Waals surface area (Å²) in [7, 11) is -3.54. The number of anilines is 1. The largest absolute Gasteiger partial charge is 0.312 e. The average Bonchev–Trinajstić information content (AvgIpc) is 3.17. The first-order valence-electron chi connectivity index (χ1n) is 11.3. The number of nitrogens with zero attached hydrogens (tertiary/aromatic N) is 3. The second-order valence-electron chi connectivity index (χ2n) is 9.84. The van der Waals surface area contributed by atoms with Crippen LogP contribution >= 0.6 is 0 Å². The molecule has 0 radical (unpaired) electrons. The third-order valence-corrected chi connectivity index (χ3v) is 8.42. The van der Waals surface area contributed by atoms with Crippen molar-refractivity contribution in [1.82, 2.24) is 9.21 Å². The van der Waals surface area contributed by atoms with Gasteiger partial charge in [0.25, 0.3) is 0 Å². The van der Waals surface area contributed by atoms with Gasteiger partial charge >= 0.3 is 0 Å². The van der Waals surface area contributed by atoms with E-state index in [2.05, 4.69) is 49.9 Å². The molecule has 6 nitrogen and oxygen atoms in total. The molecule has 2 aliphatic rings. The van der Waals surface area contributed by atoms with E-state index in [1.54, 1.807) is 27.4 Å². The SMILES string of the molecule is CC(=O)N1CCc2cc(S(=O)(=O)N3CCN(Cc4ccc(C(C)(C)C)cc4)CC3)ccc21. The predicted molar refractivity (Wildman–Crippen MR) is 127 cm³/mol. The topological polar surface area (TPSA) is 60.9 Å². The average molecular weight is 456 g/mol. The molecule has 7 heteroatoms. The van der Waals surface area contributed by atoms with E-state index in [-0.39, 0.29) is 11.3 Å². The summed E-state index contributed by atoms with van der Waals surface area (Å²) < 4.78 is 28.0. The molecule has 1 amide bonds. The Morgan fingerprint density at radius 3 is 2.19 bits per heavy atom. The lowest BCUT2D eigenvalue weighted by atomic mass is 9.87. The number of rotatable bonds is 4. The van der Waals surface area contributed by atoms with Crippen LogP contribution in [0.2, 0.25) is 0 Å². The van der Waals surface area contributed by atoms with Gasteiger partial charge in [-0.2, -0.15) is 4.31 Å². The molecule has 32 heavy (non-hydrogen) atoms. The van der Waals surface area contributed by atoms with Crippen molar-refractivity contribution >= 4 is 21.6 Å². The molecule has 2 aliphatic heterocycles. The molecular weight excluding hydrogens is 422 g/mol. The Morgan fingerprint density at radius 2 is 1.59 bits per heavy atom. The Morgan fingerprint density at radius 1 is 0.938 bits per heavy atom. The molecule has 172 valence electrons. The van der Waals surface area contributed by atoms with Crippen molar-refractivity contribution in [3.8, 4) is 0 Å². The number of fused-ring (bicyclic) bond motifs is 1. The van der Waals surface area contributed by atoms with Crippen LogP contribution in [0.3, 0.4) is 0 Å². The summed E-state index contributed by atoms with van der Waals surface area (Å²) in [6.07, 6.45) is 0.694. The summed E-state index contributed by atoms with van der Waals surface area (Å²) in [6.45, 7) is 12.0. The van der Waals surface area contributed by atoms with Crippen molar-refractivity contribution in [2.24, 2.45) is 0 Å². The fourth-order valence-electron chi connectivity index (χ4n) is 4.51. The predicted octanol–water partition coefficient (Wildman–Crippen LogP) is 3.40. The summed E-state index contributed by atoms with van der Waals surface area (Å²) in [5.41, 5.74) is 4.47. The fraction of sp³-hybridized carbons (Fsp3) is 0.480. The van der Waals surface area contributed by atoms with Crippen LogP contribution in [0.15, 0.2) is 47.4 Å². The molecule has 4 rings (SSSR count). The zero-order valence-electron chi connectivity index (χ0n) is 19.5. The fourth-order valence-corrected chi connectivity index (χ4v) is 5.98. The van der Waals surface area contributed by atoms with Crippen LogP contribution in [0.1, 0.15) is 44.4 Å². The third kappa shape index (κ3) is 4.60. The highest BCUT2D eigenvalue weighted by Crippen LogP contribution is 2.31. The van der Waals surface area contributed by atoms with Gasteiger partial charge in [-0.25, -0.2) is 8.42 Å².